The molecule has 150 valence electrons. The lowest BCUT2D eigenvalue weighted by atomic mass is 10.00. The number of aliphatic hydroxyl groups is 1. The maximum Gasteiger partial charge on any atom is 0.412 e. The number of rotatable bonds is 3. The highest BCUT2D eigenvalue weighted by Gasteiger charge is 2.51. The molecule has 1 aromatic carbocycles. The second-order valence-electron chi connectivity index (χ2n) is 8.22. The fourth-order valence-corrected chi connectivity index (χ4v) is 3.50. The van der Waals surface area contributed by atoms with Crippen LogP contribution in [0.2, 0.25) is 0 Å². The van der Waals surface area contributed by atoms with Gasteiger partial charge in [-0.3, -0.25) is 4.90 Å². The molecule has 0 aromatic heterocycles. The zero-order chi connectivity index (χ0) is 20.0. The largest absolute Gasteiger partial charge is 0.453 e. The van der Waals surface area contributed by atoms with Gasteiger partial charge in [-0.05, 0) is 58.7 Å². The van der Waals surface area contributed by atoms with Crippen LogP contribution in [-0.2, 0) is 15.9 Å². The minimum absolute atomic E-state index is 0.0292. The van der Waals surface area contributed by atoms with Crippen molar-refractivity contribution in [2.45, 2.75) is 64.5 Å². The highest BCUT2D eigenvalue weighted by molar-refractivity contribution is 5.70. The third-order valence-electron chi connectivity index (χ3n) is 4.48. The lowest BCUT2D eigenvalue weighted by Gasteiger charge is -2.35. The van der Waals surface area contributed by atoms with Gasteiger partial charge >= 0.3 is 6.09 Å². The minimum Gasteiger partial charge on any atom is -0.453 e. The first kappa shape index (κ1) is 19.7. The number of benzene rings is 1. The number of amides is 1. The summed E-state index contributed by atoms with van der Waals surface area (Å²) >= 11 is 0. The average Bonchev–Trinajstić information content (AvgIpc) is 3.07. The highest BCUT2D eigenvalue weighted by Crippen LogP contribution is 2.39. The van der Waals surface area contributed by atoms with Crippen LogP contribution in [0.5, 0.6) is 11.5 Å². The van der Waals surface area contributed by atoms with Gasteiger partial charge in [0.1, 0.15) is 17.4 Å². The normalized spacial score (nSPS) is 23.6. The SMILES string of the molecule is CC(C)(C)OC(=O)N1[C@@H](Cc2cc(F)c3c(c2)OCO3)C(CO)OC1(C)C. The first-order chi connectivity index (χ1) is 12.5. The molecule has 1 saturated heterocycles. The predicted molar refractivity (Wildman–Crippen MR) is 94.1 cm³/mol. The minimum atomic E-state index is -0.977. The van der Waals surface area contributed by atoms with E-state index >= 15 is 0 Å². The van der Waals surface area contributed by atoms with Crippen LogP contribution in [0.15, 0.2) is 12.1 Å². The number of hydrogen-bond donors (Lipinski definition) is 1. The molecule has 2 aliphatic heterocycles. The monoisotopic (exact) mass is 383 g/mol. The molecule has 8 heteroatoms. The second kappa shape index (κ2) is 6.83. The molecule has 0 bridgehead atoms. The number of hydrogen-bond acceptors (Lipinski definition) is 6. The standard InChI is InChI=1S/C19H26FNO6/c1-18(2,3)27-17(23)21-13(15(9-22)26-19(21,4)5)7-11-6-12(20)16-14(8-11)24-10-25-16/h6,8,13,15,22H,7,9-10H2,1-5H3/t13-,15?/m0/s1. The van der Waals surface area contributed by atoms with Crippen LogP contribution in [-0.4, -0.2) is 53.0 Å². The number of carbonyl (C=O) groups is 1. The summed E-state index contributed by atoms with van der Waals surface area (Å²) in [5.74, 6) is -0.112. The number of halogens is 1. The van der Waals surface area contributed by atoms with Gasteiger partial charge in [-0.25, -0.2) is 9.18 Å². The third kappa shape index (κ3) is 3.96. The number of carbonyl (C=O) groups excluding carboxylic acids is 1. The van der Waals surface area contributed by atoms with E-state index in [1.54, 1.807) is 40.7 Å². The number of aliphatic hydroxyl groups excluding tert-OH is 1. The molecule has 1 amide bonds. The smallest absolute Gasteiger partial charge is 0.412 e. The van der Waals surface area contributed by atoms with Gasteiger partial charge < -0.3 is 24.1 Å². The van der Waals surface area contributed by atoms with Crippen molar-refractivity contribution in [1.29, 1.82) is 0 Å². The van der Waals surface area contributed by atoms with Gasteiger partial charge in [-0.2, -0.15) is 0 Å². The Morgan fingerprint density at radius 2 is 2.07 bits per heavy atom. The van der Waals surface area contributed by atoms with E-state index in [1.807, 2.05) is 0 Å². The van der Waals surface area contributed by atoms with Crippen LogP contribution in [0.1, 0.15) is 40.2 Å². The Hall–Kier alpha value is -2.06. The van der Waals surface area contributed by atoms with Gasteiger partial charge in [0, 0.05) is 0 Å². The van der Waals surface area contributed by atoms with Crippen molar-refractivity contribution in [2.75, 3.05) is 13.4 Å². The summed E-state index contributed by atoms with van der Waals surface area (Å²) in [6.45, 7) is 8.50. The zero-order valence-corrected chi connectivity index (χ0v) is 16.2. The molecule has 1 fully saturated rings. The summed E-state index contributed by atoms with van der Waals surface area (Å²) in [6, 6.07) is 2.50. The van der Waals surface area contributed by atoms with Gasteiger partial charge in [0.15, 0.2) is 11.6 Å². The van der Waals surface area contributed by atoms with Gasteiger partial charge in [0.2, 0.25) is 12.5 Å². The lowest BCUT2D eigenvalue weighted by Crippen LogP contribution is -2.51. The first-order valence-electron chi connectivity index (χ1n) is 8.91. The van der Waals surface area contributed by atoms with Crippen molar-refractivity contribution in [1.82, 2.24) is 4.90 Å². The molecule has 1 N–H and O–H groups in total. The van der Waals surface area contributed by atoms with Crippen LogP contribution in [0, 0.1) is 5.82 Å². The van der Waals surface area contributed by atoms with Crippen molar-refractivity contribution < 1.29 is 33.2 Å². The van der Waals surface area contributed by atoms with E-state index in [1.165, 1.54) is 11.0 Å². The summed E-state index contributed by atoms with van der Waals surface area (Å²) in [5.41, 5.74) is -1.05. The molecule has 7 nitrogen and oxygen atoms in total. The van der Waals surface area contributed by atoms with Crippen molar-refractivity contribution in [3.05, 3.63) is 23.5 Å². The fraction of sp³-hybridized carbons (Fsp3) is 0.632. The van der Waals surface area contributed by atoms with E-state index in [0.29, 0.717) is 11.3 Å². The van der Waals surface area contributed by atoms with Crippen LogP contribution >= 0.6 is 0 Å². The molecule has 2 aliphatic rings. The summed E-state index contributed by atoms with van der Waals surface area (Å²) < 4.78 is 36.0. The molecule has 0 aliphatic carbocycles. The first-order valence-corrected chi connectivity index (χ1v) is 8.91. The van der Waals surface area contributed by atoms with Crippen molar-refractivity contribution in [3.63, 3.8) is 0 Å². The lowest BCUT2D eigenvalue weighted by molar-refractivity contribution is -0.0866. The number of ether oxygens (including phenoxy) is 4. The maximum atomic E-state index is 14.2. The quantitative estimate of drug-likeness (QED) is 0.865. The number of fused-ring (bicyclic) bond motifs is 1. The fourth-order valence-electron chi connectivity index (χ4n) is 3.50. The van der Waals surface area contributed by atoms with Gasteiger partial charge in [0.05, 0.1) is 12.6 Å². The molecular formula is C19H26FNO6. The molecule has 27 heavy (non-hydrogen) atoms. The molecule has 1 aromatic rings. The van der Waals surface area contributed by atoms with E-state index in [4.69, 9.17) is 18.9 Å². The molecule has 1 unspecified atom stereocenters. The highest BCUT2D eigenvalue weighted by atomic mass is 19.1. The predicted octanol–water partition coefficient (Wildman–Crippen LogP) is 2.83. The Balaban J connectivity index is 1.90. The van der Waals surface area contributed by atoms with Gasteiger partial charge in [-0.15, -0.1) is 0 Å². The Morgan fingerprint density at radius 1 is 1.37 bits per heavy atom. The molecular weight excluding hydrogens is 357 g/mol. The summed E-state index contributed by atoms with van der Waals surface area (Å²) in [7, 11) is 0. The van der Waals surface area contributed by atoms with Crippen LogP contribution in [0.25, 0.3) is 0 Å². The summed E-state index contributed by atoms with van der Waals surface area (Å²) in [6.07, 6.45) is -0.905. The topological polar surface area (TPSA) is 77.5 Å². The van der Waals surface area contributed by atoms with Gasteiger partial charge in [0.25, 0.3) is 0 Å². The van der Waals surface area contributed by atoms with Crippen molar-refractivity contribution in [3.8, 4) is 11.5 Å². The Morgan fingerprint density at radius 3 is 2.70 bits per heavy atom. The Kier molecular flexibility index (Phi) is 4.98. The van der Waals surface area contributed by atoms with Crippen LogP contribution < -0.4 is 9.47 Å². The van der Waals surface area contributed by atoms with E-state index in [0.717, 1.165) is 0 Å². The maximum absolute atomic E-state index is 14.2. The van der Waals surface area contributed by atoms with Crippen molar-refractivity contribution >= 4 is 6.09 Å². The molecule has 3 rings (SSSR count). The average molecular weight is 383 g/mol. The third-order valence-corrected chi connectivity index (χ3v) is 4.48. The summed E-state index contributed by atoms with van der Waals surface area (Å²) in [4.78, 5) is 14.3. The molecule has 2 atom stereocenters. The van der Waals surface area contributed by atoms with E-state index in [9.17, 15) is 14.3 Å². The molecule has 2 heterocycles. The Bertz CT molecular complexity index is 730. The van der Waals surface area contributed by atoms with Crippen molar-refractivity contribution in [2.24, 2.45) is 0 Å². The van der Waals surface area contributed by atoms with Crippen LogP contribution in [0.3, 0.4) is 0 Å². The van der Waals surface area contributed by atoms with E-state index in [2.05, 4.69) is 0 Å². The number of nitrogens with zero attached hydrogens (tertiary/aromatic N) is 1. The van der Waals surface area contributed by atoms with Gasteiger partial charge in [-0.1, -0.05) is 0 Å². The van der Waals surface area contributed by atoms with E-state index < -0.39 is 35.4 Å². The zero-order valence-electron chi connectivity index (χ0n) is 16.2. The summed E-state index contributed by atoms with van der Waals surface area (Å²) in [5, 5.41) is 9.77. The second-order valence-corrected chi connectivity index (χ2v) is 8.22. The van der Waals surface area contributed by atoms with E-state index in [-0.39, 0.29) is 25.6 Å². The molecule has 0 spiro atoms. The Labute approximate surface area is 157 Å². The van der Waals surface area contributed by atoms with Crippen LogP contribution in [0.4, 0.5) is 9.18 Å². The molecule has 0 saturated carbocycles. The molecule has 0 radical (unpaired) electrons.